The molecule has 0 saturated heterocycles. The van der Waals surface area contributed by atoms with Gasteiger partial charge < -0.3 is 24.0 Å². The van der Waals surface area contributed by atoms with Crippen molar-refractivity contribution < 1.29 is 37.2 Å². The lowest BCUT2D eigenvalue weighted by Gasteiger charge is -2.18. The summed E-state index contributed by atoms with van der Waals surface area (Å²) in [6.07, 6.45) is -5.85. The topological polar surface area (TPSA) is 102 Å². The van der Waals surface area contributed by atoms with Crippen LogP contribution in [-0.4, -0.2) is 27.1 Å². The van der Waals surface area contributed by atoms with Gasteiger partial charge in [0.15, 0.2) is 0 Å². The molecule has 0 radical (unpaired) electrons. The Morgan fingerprint density at radius 2 is 1.69 bits per heavy atom. The van der Waals surface area contributed by atoms with Crippen LogP contribution in [0, 0.1) is 0 Å². The molecule has 2 N–H and O–H groups in total. The first-order chi connectivity index (χ1) is 15.4. The number of hydrogen-bond acceptors (Lipinski definition) is 7. The highest BCUT2D eigenvalue weighted by atomic mass is 19.4. The molecule has 5 rings (SSSR count). The summed E-state index contributed by atoms with van der Waals surface area (Å²) in [5.74, 6) is -0.433. The summed E-state index contributed by atoms with van der Waals surface area (Å²) in [6, 6.07) is 12.6. The Hall–Kier alpha value is -3.63. The maximum atomic E-state index is 14.0. The Kier molecular flexibility index (Phi) is 4.75. The van der Waals surface area contributed by atoms with E-state index in [-0.39, 0.29) is 29.2 Å². The van der Waals surface area contributed by atoms with Crippen LogP contribution >= 0.6 is 0 Å². The van der Waals surface area contributed by atoms with Crippen LogP contribution in [0.2, 0.25) is 0 Å². The predicted molar refractivity (Wildman–Crippen MR) is 104 cm³/mol. The highest BCUT2D eigenvalue weighted by Gasteiger charge is 2.43. The Morgan fingerprint density at radius 1 is 0.969 bits per heavy atom. The van der Waals surface area contributed by atoms with E-state index in [9.17, 15) is 18.3 Å². The Labute approximate surface area is 178 Å². The van der Waals surface area contributed by atoms with Gasteiger partial charge in [0.2, 0.25) is 11.5 Å². The van der Waals surface area contributed by atoms with Crippen molar-refractivity contribution in [1.82, 2.24) is 10.3 Å². The van der Waals surface area contributed by atoms with E-state index < -0.39 is 30.2 Å². The third-order valence-electron chi connectivity index (χ3n) is 5.21. The summed E-state index contributed by atoms with van der Waals surface area (Å²) in [5.41, 5.74) is 0.339. The average molecular weight is 444 g/mol. The highest BCUT2D eigenvalue weighted by Crippen LogP contribution is 2.47. The number of aliphatic hydroxyl groups excluding tert-OH is 2. The maximum Gasteiger partial charge on any atom is 0.422 e. The maximum absolute atomic E-state index is 14.0. The number of benzene rings is 2. The van der Waals surface area contributed by atoms with Gasteiger partial charge in [0.25, 0.3) is 0 Å². The van der Waals surface area contributed by atoms with E-state index in [1.165, 1.54) is 18.2 Å². The number of halogens is 3. The summed E-state index contributed by atoms with van der Waals surface area (Å²) < 4.78 is 58.1. The smallest absolute Gasteiger partial charge is 0.422 e. The van der Waals surface area contributed by atoms with Crippen molar-refractivity contribution in [3.05, 3.63) is 65.2 Å². The summed E-state index contributed by atoms with van der Waals surface area (Å²) >= 11 is 0. The third kappa shape index (κ3) is 3.24. The SMILES string of the molecule is OCC(O)c1ccc2c(c1)OCc1c-2noc1-c1onc(-c2ccccc2)c1C(F)(F)F. The number of fused-ring (bicyclic) bond motifs is 3. The summed E-state index contributed by atoms with van der Waals surface area (Å²) in [4.78, 5) is 0. The summed E-state index contributed by atoms with van der Waals surface area (Å²) in [6.45, 7) is -0.591. The minimum Gasteiger partial charge on any atom is -0.488 e. The molecule has 32 heavy (non-hydrogen) atoms. The van der Waals surface area contributed by atoms with E-state index in [2.05, 4.69) is 10.3 Å². The van der Waals surface area contributed by atoms with Crippen molar-refractivity contribution in [2.24, 2.45) is 0 Å². The summed E-state index contributed by atoms with van der Waals surface area (Å²) in [5, 5.41) is 26.6. The molecule has 0 saturated carbocycles. The molecular formula is C22H15F3N2O5. The zero-order valence-corrected chi connectivity index (χ0v) is 16.3. The van der Waals surface area contributed by atoms with Crippen molar-refractivity contribution in [2.45, 2.75) is 18.9 Å². The lowest BCUT2D eigenvalue weighted by atomic mass is 9.97. The molecule has 0 bridgehead atoms. The Balaban J connectivity index is 1.63. The number of aromatic nitrogens is 2. The van der Waals surface area contributed by atoms with E-state index in [1.807, 2.05) is 0 Å². The molecule has 1 aliphatic rings. The van der Waals surface area contributed by atoms with Gasteiger partial charge in [0, 0.05) is 11.1 Å². The second kappa shape index (κ2) is 7.50. The Bertz CT molecular complexity index is 1280. The van der Waals surface area contributed by atoms with Crippen LogP contribution in [-0.2, 0) is 12.8 Å². The van der Waals surface area contributed by atoms with Gasteiger partial charge in [-0.15, -0.1) is 0 Å². The van der Waals surface area contributed by atoms with Gasteiger partial charge >= 0.3 is 6.18 Å². The zero-order chi connectivity index (χ0) is 22.5. The van der Waals surface area contributed by atoms with Crippen LogP contribution in [0.15, 0.2) is 57.6 Å². The molecule has 1 aliphatic heterocycles. The fourth-order valence-electron chi connectivity index (χ4n) is 3.65. The van der Waals surface area contributed by atoms with Gasteiger partial charge in [-0.25, -0.2) is 0 Å². The highest BCUT2D eigenvalue weighted by molar-refractivity contribution is 5.79. The number of alkyl halides is 3. The van der Waals surface area contributed by atoms with Gasteiger partial charge in [-0.2, -0.15) is 13.2 Å². The van der Waals surface area contributed by atoms with Crippen molar-refractivity contribution in [3.8, 4) is 39.8 Å². The first-order valence-electron chi connectivity index (χ1n) is 9.55. The van der Waals surface area contributed by atoms with Gasteiger partial charge in [0.05, 0.1) is 12.2 Å². The standard InChI is InChI=1S/C22H15F3N2O5/c23-22(24,25)17-18(11-4-2-1-3-5-11)26-32-21(17)20-14-10-30-16-8-12(15(29)9-28)6-7-13(16)19(14)27-31-20/h1-8,15,28-29H,9-10H2. The fraction of sp³-hybridized carbons (Fsp3) is 0.182. The first kappa shape index (κ1) is 20.3. The molecule has 0 spiro atoms. The molecule has 1 atom stereocenters. The molecule has 0 aliphatic carbocycles. The molecular weight excluding hydrogens is 429 g/mol. The monoisotopic (exact) mass is 444 g/mol. The number of rotatable bonds is 4. The molecule has 3 heterocycles. The van der Waals surface area contributed by atoms with Crippen molar-refractivity contribution in [1.29, 1.82) is 0 Å². The number of nitrogens with zero attached hydrogens (tertiary/aromatic N) is 2. The quantitative estimate of drug-likeness (QED) is 0.474. The van der Waals surface area contributed by atoms with Crippen LogP contribution in [0.3, 0.4) is 0 Å². The zero-order valence-electron chi connectivity index (χ0n) is 16.3. The van der Waals surface area contributed by atoms with Crippen LogP contribution in [0.5, 0.6) is 5.75 Å². The van der Waals surface area contributed by atoms with E-state index in [0.29, 0.717) is 22.6 Å². The number of aliphatic hydroxyl groups is 2. The largest absolute Gasteiger partial charge is 0.488 e. The van der Waals surface area contributed by atoms with Crippen LogP contribution in [0.1, 0.15) is 22.8 Å². The second-order valence-electron chi connectivity index (χ2n) is 7.18. The van der Waals surface area contributed by atoms with Crippen LogP contribution in [0.4, 0.5) is 13.2 Å². The first-order valence-corrected chi connectivity index (χ1v) is 9.55. The van der Waals surface area contributed by atoms with E-state index >= 15 is 0 Å². The lowest BCUT2D eigenvalue weighted by molar-refractivity contribution is -0.136. The molecule has 2 aromatic heterocycles. The van der Waals surface area contributed by atoms with Crippen molar-refractivity contribution >= 4 is 0 Å². The minimum atomic E-state index is -4.76. The van der Waals surface area contributed by atoms with E-state index in [1.54, 1.807) is 30.3 Å². The van der Waals surface area contributed by atoms with Gasteiger partial charge in [-0.05, 0) is 17.7 Å². The molecule has 2 aromatic carbocycles. The van der Waals surface area contributed by atoms with Gasteiger partial charge in [-0.3, -0.25) is 0 Å². The molecule has 1 unspecified atom stereocenters. The molecule has 0 fully saturated rings. The minimum absolute atomic E-state index is 0.126. The van der Waals surface area contributed by atoms with Crippen LogP contribution < -0.4 is 4.74 Å². The van der Waals surface area contributed by atoms with E-state index in [4.69, 9.17) is 18.9 Å². The number of ether oxygens (including phenoxy) is 1. The second-order valence-corrected chi connectivity index (χ2v) is 7.18. The average Bonchev–Trinajstić information content (AvgIpc) is 3.43. The molecule has 10 heteroatoms. The summed E-state index contributed by atoms with van der Waals surface area (Å²) in [7, 11) is 0. The van der Waals surface area contributed by atoms with Crippen molar-refractivity contribution in [3.63, 3.8) is 0 Å². The number of hydrogen-bond donors (Lipinski definition) is 2. The normalized spacial score (nSPS) is 13.9. The Morgan fingerprint density at radius 3 is 2.41 bits per heavy atom. The van der Waals surface area contributed by atoms with Crippen molar-refractivity contribution in [2.75, 3.05) is 6.61 Å². The van der Waals surface area contributed by atoms with E-state index in [0.717, 1.165) is 0 Å². The molecule has 7 nitrogen and oxygen atoms in total. The fourth-order valence-corrected chi connectivity index (χ4v) is 3.65. The molecule has 164 valence electrons. The van der Waals surface area contributed by atoms with Gasteiger partial charge in [0.1, 0.15) is 35.4 Å². The predicted octanol–water partition coefficient (Wildman–Crippen LogP) is 4.60. The van der Waals surface area contributed by atoms with Crippen LogP contribution in [0.25, 0.3) is 34.0 Å². The van der Waals surface area contributed by atoms with Gasteiger partial charge in [-0.1, -0.05) is 46.7 Å². The molecule has 0 amide bonds. The third-order valence-corrected chi connectivity index (χ3v) is 5.21. The molecule has 4 aromatic rings. The lowest BCUT2D eigenvalue weighted by Crippen LogP contribution is -2.09.